The molecule has 0 aliphatic heterocycles. The number of hydrogen-bond donors (Lipinski definition) is 0. The van der Waals surface area contributed by atoms with Crippen molar-refractivity contribution >= 4 is 39.1 Å². The molecule has 0 aliphatic carbocycles. The number of para-hydroxylation sites is 1. The summed E-state index contributed by atoms with van der Waals surface area (Å²) >= 11 is 15.6. The van der Waals surface area contributed by atoms with E-state index >= 15 is 0 Å². The van der Waals surface area contributed by atoms with Crippen LogP contribution in [0, 0.1) is 6.92 Å². The highest BCUT2D eigenvalue weighted by Gasteiger charge is 2.09. The van der Waals surface area contributed by atoms with Crippen LogP contribution in [0.15, 0.2) is 40.9 Å². The van der Waals surface area contributed by atoms with Crippen LogP contribution in [-0.4, -0.2) is 0 Å². The summed E-state index contributed by atoms with van der Waals surface area (Å²) in [7, 11) is 0. The molecule has 0 bridgehead atoms. The van der Waals surface area contributed by atoms with Gasteiger partial charge in [-0.1, -0.05) is 35.9 Å². The molecule has 0 atom stereocenters. The lowest BCUT2D eigenvalue weighted by molar-refractivity contribution is 0.302. The van der Waals surface area contributed by atoms with Gasteiger partial charge in [-0.05, 0) is 40.5 Å². The van der Waals surface area contributed by atoms with Gasteiger partial charge in [0, 0.05) is 16.1 Å². The molecule has 4 heteroatoms. The van der Waals surface area contributed by atoms with Crippen molar-refractivity contribution in [3.8, 4) is 5.75 Å². The minimum absolute atomic E-state index is 0.413. The largest absolute Gasteiger partial charge is 0.487 e. The number of benzene rings is 2. The molecule has 0 N–H and O–H groups in total. The third kappa shape index (κ3) is 3.65. The molecule has 0 fully saturated rings. The minimum Gasteiger partial charge on any atom is -0.487 e. The van der Waals surface area contributed by atoms with E-state index in [4.69, 9.17) is 27.9 Å². The molecule has 0 saturated heterocycles. The molecule has 0 aliphatic rings. The molecule has 1 nitrogen and oxygen atoms in total. The smallest absolute Gasteiger partial charge is 0.138 e. The van der Waals surface area contributed by atoms with Gasteiger partial charge in [0.15, 0.2) is 0 Å². The summed E-state index contributed by atoms with van der Waals surface area (Å²) in [6.45, 7) is 2.43. The highest BCUT2D eigenvalue weighted by molar-refractivity contribution is 9.10. The lowest BCUT2D eigenvalue weighted by Gasteiger charge is -2.13. The first-order valence-corrected chi connectivity index (χ1v) is 7.53. The Morgan fingerprint density at radius 2 is 1.95 bits per heavy atom. The van der Waals surface area contributed by atoms with E-state index in [1.807, 2.05) is 43.3 Å². The molecular formula is C15H13BrCl2O. The molecule has 0 amide bonds. The van der Waals surface area contributed by atoms with Crippen molar-refractivity contribution in [1.29, 1.82) is 0 Å². The molecular weight excluding hydrogens is 347 g/mol. The molecule has 100 valence electrons. The average molecular weight is 360 g/mol. The topological polar surface area (TPSA) is 9.23 Å². The van der Waals surface area contributed by atoms with Crippen LogP contribution in [0.1, 0.15) is 16.7 Å². The Bertz CT molecular complexity index is 584. The molecule has 0 unspecified atom stereocenters. The number of rotatable bonds is 4. The zero-order valence-electron chi connectivity index (χ0n) is 10.4. The van der Waals surface area contributed by atoms with E-state index in [0.717, 1.165) is 31.9 Å². The van der Waals surface area contributed by atoms with Gasteiger partial charge in [0.25, 0.3) is 0 Å². The summed E-state index contributed by atoms with van der Waals surface area (Å²) in [5, 5.41) is 0.722. The van der Waals surface area contributed by atoms with Crippen LogP contribution in [0.4, 0.5) is 0 Å². The summed E-state index contributed by atoms with van der Waals surface area (Å²) in [5.74, 6) is 1.19. The molecule has 2 aromatic rings. The Hall–Kier alpha value is -0.700. The van der Waals surface area contributed by atoms with Gasteiger partial charge < -0.3 is 4.74 Å². The number of alkyl halides is 1. The zero-order valence-corrected chi connectivity index (χ0v) is 13.5. The summed E-state index contributed by atoms with van der Waals surface area (Å²) in [5.41, 5.74) is 3.05. The maximum atomic E-state index is 6.19. The average Bonchev–Trinajstić information content (AvgIpc) is 2.39. The third-order valence-electron chi connectivity index (χ3n) is 2.77. The minimum atomic E-state index is 0.413. The standard InChI is InChI=1S/C15H13BrCl2O/c1-10-5-6-12(14(18)7-10)9-19-15-11(8-17)3-2-4-13(15)16/h2-7H,8-9H2,1H3. The second kappa shape index (κ2) is 6.65. The van der Waals surface area contributed by atoms with E-state index in [1.54, 1.807) is 0 Å². The molecule has 0 radical (unpaired) electrons. The number of ether oxygens (including phenoxy) is 1. The van der Waals surface area contributed by atoms with Crippen molar-refractivity contribution in [2.75, 3.05) is 0 Å². The van der Waals surface area contributed by atoms with E-state index in [2.05, 4.69) is 15.9 Å². The van der Waals surface area contributed by atoms with Crippen LogP contribution >= 0.6 is 39.1 Å². The van der Waals surface area contributed by atoms with E-state index in [1.165, 1.54) is 0 Å². The first kappa shape index (κ1) is 14.7. The van der Waals surface area contributed by atoms with Crippen LogP contribution in [0.2, 0.25) is 5.02 Å². The monoisotopic (exact) mass is 358 g/mol. The van der Waals surface area contributed by atoms with Crippen LogP contribution in [0.5, 0.6) is 5.75 Å². The highest BCUT2D eigenvalue weighted by Crippen LogP contribution is 2.31. The van der Waals surface area contributed by atoms with Crippen LogP contribution in [0.25, 0.3) is 0 Å². The predicted octanol–water partition coefficient (Wildman–Crippen LogP) is 5.73. The lowest BCUT2D eigenvalue weighted by atomic mass is 10.1. The Labute approximate surface area is 131 Å². The number of aryl methyl sites for hydroxylation is 1. The van der Waals surface area contributed by atoms with E-state index in [9.17, 15) is 0 Å². The molecule has 0 saturated carbocycles. The predicted molar refractivity (Wildman–Crippen MR) is 84.2 cm³/mol. The van der Waals surface area contributed by atoms with Crippen LogP contribution in [-0.2, 0) is 12.5 Å². The first-order chi connectivity index (χ1) is 9.11. The Morgan fingerprint density at radius 3 is 2.63 bits per heavy atom. The summed E-state index contributed by atoms with van der Waals surface area (Å²) in [4.78, 5) is 0. The van der Waals surface area contributed by atoms with E-state index in [0.29, 0.717) is 12.5 Å². The fourth-order valence-electron chi connectivity index (χ4n) is 1.74. The van der Waals surface area contributed by atoms with Gasteiger partial charge in [-0.15, -0.1) is 11.6 Å². The third-order valence-corrected chi connectivity index (χ3v) is 4.04. The summed E-state index contributed by atoms with van der Waals surface area (Å²) < 4.78 is 6.75. The van der Waals surface area contributed by atoms with Gasteiger partial charge in [-0.25, -0.2) is 0 Å². The van der Waals surface area contributed by atoms with Crippen molar-refractivity contribution in [1.82, 2.24) is 0 Å². The van der Waals surface area contributed by atoms with Crippen molar-refractivity contribution in [3.05, 3.63) is 62.6 Å². The normalized spacial score (nSPS) is 10.5. The molecule has 2 aromatic carbocycles. The summed E-state index contributed by atoms with van der Waals surface area (Å²) in [6, 6.07) is 11.8. The maximum absolute atomic E-state index is 6.19. The fraction of sp³-hybridized carbons (Fsp3) is 0.200. The quantitative estimate of drug-likeness (QED) is 0.633. The highest BCUT2D eigenvalue weighted by atomic mass is 79.9. The molecule has 2 rings (SSSR count). The summed E-state index contributed by atoms with van der Waals surface area (Å²) in [6.07, 6.45) is 0. The fourth-order valence-corrected chi connectivity index (χ4v) is 2.76. The first-order valence-electron chi connectivity index (χ1n) is 5.83. The number of halogens is 3. The molecule has 0 heterocycles. The lowest BCUT2D eigenvalue weighted by Crippen LogP contribution is -1.99. The van der Waals surface area contributed by atoms with Crippen molar-refractivity contribution < 1.29 is 4.74 Å². The van der Waals surface area contributed by atoms with E-state index in [-0.39, 0.29) is 0 Å². The van der Waals surface area contributed by atoms with Crippen LogP contribution < -0.4 is 4.74 Å². The number of hydrogen-bond acceptors (Lipinski definition) is 1. The van der Waals surface area contributed by atoms with Gasteiger partial charge in [-0.2, -0.15) is 0 Å². The molecule has 0 aromatic heterocycles. The van der Waals surface area contributed by atoms with Gasteiger partial charge in [-0.3, -0.25) is 0 Å². The Balaban J connectivity index is 2.19. The van der Waals surface area contributed by atoms with Gasteiger partial charge in [0.1, 0.15) is 12.4 Å². The van der Waals surface area contributed by atoms with Gasteiger partial charge >= 0.3 is 0 Å². The van der Waals surface area contributed by atoms with Crippen molar-refractivity contribution in [2.45, 2.75) is 19.4 Å². The van der Waals surface area contributed by atoms with Gasteiger partial charge in [0.2, 0.25) is 0 Å². The van der Waals surface area contributed by atoms with E-state index < -0.39 is 0 Å². The Morgan fingerprint density at radius 1 is 1.16 bits per heavy atom. The van der Waals surface area contributed by atoms with Gasteiger partial charge in [0.05, 0.1) is 10.4 Å². The van der Waals surface area contributed by atoms with Crippen molar-refractivity contribution in [3.63, 3.8) is 0 Å². The van der Waals surface area contributed by atoms with Crippen molar-refractivity contribution in [2.24, 2.45) is 0 Å². The maximum Gasteiger partial charge on any atom is 0.138 e. The van der Waals surface area contributed by atoms with Crippen LogP contribution in [0.3, 0.4) is 0 Å². The SMILES string of the molecule is Cc1ccc(COc2c(Br)cccc2CCl)c(Cl)c1. The zero-order chi connectivity index (χ0) is 13.8. The second-order valence-electron chi connectivity index (χ2n) is 4.25. The molecule has 19 heavy (non-hydrogen) atoms. The second-order valence-corrected chi connectivity index (χ2v) is 5.77. The molecule has 0 spiro atoms. The Kier molecular flexibility index (Phi) is 5.14.